The number of carboxylic acids is 1. The monoisotopic (exact) mass is 536 g/mol. The number of thiazole rings is 1. The molecule has 0 unspecified atom stereocenters. The van der Waals surface area contributed by atoms with E-state index in [2.05, 4.69) is 22.4 Å². The van der Waals surface area contributed by atoms with E-state index in [1.54, 1.807) is 6.07 Å². The van der Waals surface area contributed by atoms with Gasteiger partial charge in [-0.05, 0) is 55.4 Å². The third kappa shape index (κ3) is 6.24. The lowest BCUT2D eigenvalue weighted by molar-refractivity contribution is -0.147. The number of carboxylic acid groups (broad SMARTS) is 1. The molecule has 2 aromatic carbocycles. The van der Waals surface area contributed by atoms with E-state index < -0.39 is 17.8 Å². The molecule has 2 fully saturated rings. The number of hydrogen-bond acceptors (Lipinski definition) is 6. The predicted molar refractivity (Wildman–Crippen MR) is 149 cm³/mol. The van der Waals surface area contributed by atoms with Crippen LogP contribution in [0.15, 0.2) is 46.8 Å². The van der Waals surface area contributed by atoms with Crippen molar-refractivity contribution in [1.29, 1.82) is 0 Å². The minimum absolute atomic E-state index is 0.0906. The molecule has 1 amide bonds. The molecular weight excluding hydrogens is 504 g/mol. The molecule has 6 nitrogen and oxygen atoms in total. The number of hydrogen-bond donors (Lipinski definition) is 2. The smallest absolute Gasteiger partial charge is 0.307 e. The van der Waals surface area contributed by atoms with Crippen LogP contribution in [0.2, 0.25) is 0 Å². The Balaban J connectivity index is 1.19. The fraction of sp³-hybridized carbons (Fsp3) is 0.448. The topological polar surface area (TPSA) is 96.4 Å². The molecule has 0 radical (unpaired) electrons. The number of benzene rings is 2. The molecule has 194 valence electrons. The zero-order chi connectivity index (χ0) is 25.8. The molecule has 8 heteroatoms. The van der Waals surface area contributed by atoms with Gasteiger partial charge in [0.05, 0.1) is 27.8 Å². The van der Waals surface area contributed by atoms with Crippen molar-refractivity contribution in [2.75, 3.05) is 11.1 Å². The summed E-state index contributed by atoms with van der Waals surface area (Å²) in [6.45, 7) is 0. The van der Waals surface area contributed by atoms with Gasteiger partial charge in [-0.25, -0.2) is 4.98 Å². The van der Waals surface area contributed by atoms with Crippen molar-refractivity contribution in [3.63, 3.8) is 0 Å². The number of fused-ring (bicyclic) bond motifs is 1. The van der Waals surface area contributed by atoms with Crippen LogP contribution in [-0.4, -0.2) is 33.5 Å². The van der Waals surface area contributed by atoms with Crippen LogP contribution in [0.3, 0.4) is 0 Å². The number of anilines is 1. The highest BCUT2D eigenvalue weighted by atomic mass is 32.2. The Kier molecular flexibility index (Phi) is 8.25. The summed E-state index contributed by atoms with van der Waals surface area (Å²) in [6.07, 6.45) is 9.29. The van der Waals surface area contributed by atoms with Crippen LogP contribution in [0.5, 0.6) is 0 Å². The molecule has 2 aliphatic rings. The maximum atomic E-state index is 12.8. The average molecular weight is 537 g/mol. The van der Waals surface area contributed by atoms with E-state index in [4.69, 9.17) is 0 Å². The third-order valence-electron chi connectivity index (χ3n) is 7.69. The van der Waals surface area contributed by atoms with Gasteiger partial charge in [-0.1, -0.05) is 68.1 Å². The first kappa shape index (κ1) is 25.9. The Morgan fingerprint density at radius 2 is 1.62 bits per heavy atom. The first-order valence-electron chi connectivity index (χ1n) is 13.2. The van der Waals surface area contributed by atoms with E-state index in [0.717, 1.165) is 33.0 Å². The molecule has 2 saturated carbocycles. The van der Waals surface area contributed by atoms with Crippen molar-refractivity contribution in [3.05, 3.63) is 53.6 Å². The molecule has 0 bridgehead atoms. The molecule has 0 saturated heterocycles. The molecule has 2 N–H and O–H groups in total. The maximum absolute atomic E-state index is 12.8. The van der Waals surface area contributed by atoms with Gasteiger partial charge in [0.1, 0.15) is 0 Å². The molecule has 0 aliphatic heterocycles. The van der Waals surface area contributed by atoms with Gasteiger partial charge in [0.2, 0.25) is 5.91 Å². The van der Waals surface area contributed by atoms with Gasteiger partial charge >= 0.3 is 5.97 Å². The largest absolute Gasteiger partial charge is 0.481 e. The second kappa shape index (κ2) is 11.8. The minimum atomic E-state index is -0.894. The summed E-state index contributed by atoms with van der Waals surface area (Å²) in [6, 6.07) is 13.7. The summed E-state index contributed by atoms with van der Waals surface area (Å²) in [5, 5.41) is 12.4. The first-order chi connectivity index (χ1) is 18.0. The number of ketones is 1. The van der Waals surface area contributed by atoms with Crippen LogP contribution >= 0.6 is 23.1 Å². The number of carbonyl (C=O) groups is 3. The van der Waals surface area contributed by atoms with Crippen molar-refractivity contribution in [1.82, 2.24) is 4.98 Å². The third-order valence-corrected chi connectivity index (χ3v) is 9.85. The lowest BCUT2D eigenvalue weighted by Gasteiger charge is -2.27. The van der Waals surface area contributed by atoms with Gasteiger partial charge in [-0.3, -0.25) is 14.4 Å². The van der Waals surface area contributed by atoms with Crippen molar-refractivity contribution in [2.45, 2.75) is 68.0 Å². The van der Waals surface area contributed by atoms with E-state index >= 15 is 0 Å². The number of thioether (sulfide) groups is 1. The van der Waals surface area contributed by atoms with Gasteiger partial charge in [0, 0.05) is 11.3 Å². The van der Waals surface area contributed by atoms with Crippen LogP contribution in [0.1, 0.15) is 79.6 Å². The summed E-state index contributed by atoms with van der Waals surface area (Å²) >= 11 is 2.92. The molecule has 5 rings (SSSR count). The molecule has 2 aliphatic carbocycles. The Labute approximate surface area is 225 Å². The summed E-state index contributed by atoms with van der Waals surface area (Å²) in [5.74, 6) is -1.20. The summed E-state index contributed by atoms with van der Waals surface area (Å²) < 4.78 is 1.73. The van der Waals surface area contributed by atoms with Gasteiger partial charge < -0.3 is 10.4 Å². The minimum Gasteiger partial charge on any atom is -0.481 e. The fourth-order valence-corrected chi connectivity index (χ4v) is 7.61. The van der Waals surface area contributed by atoms with Crippen molar-refractivity contribution in [3.8, 4) is 0 Å². The van der Waals surface area contributed by atoms with Gasteiger partial charge in [0.25, 0.3) is 0 Å². The first-order valence-corrected chi connectivity index (χ1v) is 15.0. The van der Waals surface area contributed by atoms with Crippen molar-refractivity contribution in [2.24, 2.45) is 11.8 Å². The number of Topliss-reactive ketones (excluding diaryl/α,β-unsaturated/α-hetero) is 1. The standard InChI is InChI=1S/C29H32N2O4S2/c32-25(20-12-10-19(11-13-20)18-6-2-1-3-7-18)17-36-29-31-24-15-14-21(16-26(24)37-29)30-27(33)22-8-4-5-9-23(22)28(34)35/h10-16,18,22-23H,1-9,17H2,(H,30,33)(H,34,35)/t22-,23-/m0/s1. The second-order valence-corrected chi connectivity index (χ2v) is 12.4. The number of aromatic nitrogens is 1. The second-order valence-electron chi connectivity index (χ2n) is 10.2. The molecule has 37 heavy (non-hydrogen) atoms. The van der Waals surface area contributed by atoms with Crippen molar-refractivity contribution < 1.29 is 19.5 Å². The van der Waals surface area contributed by atoms with Crippen LogP contribution in [-0.2, 0) is 9.59 Å². The van der Waals surface area contributed by atoms with Gasteiger partial charge in [0.15, 0.2) is 10.1 Å². The lowest BCUT2D eigenvalue weighted by atomic mass is 9.78. The SMILES string of the molecule is O=C(CSc1nc2ccc(NC(=O)[C@H]3CCCC[C@@H]3C(=O)O)cc2s1)c1ccc(C2CCCCC2)cc1. The number of aliphatic carboxylic acids is 1. The molecule has 3 aromatic rings. The highest BCUT2D eigenvalue weighted by Crippen LogP contribution is 2.35. The van der Waals surface area contributed by atoms with E-state index in [1.165, 1.54) is 60.8 Å². The number of amides is 1. The van der Waals surface area contributed by atoms with Crippen LogP contribution in [0.25, 0.3) is 10.2 Å². The average Bonchev–Trinajstić information content (AvgIpc) is 3.34. The van der Waals surface area contributed by atoms with Gasteiger partial charge in [-0.2, -0.15) is 0 Å². The number of carbonyl (C=O) groups excluding carboxylic acids is 2. The zero-order valence-corrected chi connectivity index (χ0v) is 22.4. The van der Waals surface area contributed by atoms with Gasteiger partial charge in [-0.15, -0.1) is 11.3 Å². The summed E-state index contributed by atoms with van der Waals surface area (Å²) in [5.41, 5.74) is 3.54. The highest BCUT2D eigenvalue weighted by molar-refractivity contribution is 8.01. The van der Waals surface area contributed by atoms with Crippen LogP contribution in [0, 0.1) is 11.8 Å². The number of rotatable bonds is 8. The molecule has 2 atom stereocenters. The molecule has 1 heterocycles. The van der Waals surface area contributed by atoms with Crippen LogP contribution in [0.4, 0.5) is 5.69 Å². The zero-order valence-electron chi connectivity index (χ0n) is 20.8. The van der Waals surface area contributed by atoms with E-state index in [1.807, 2.05) is 24.3 Å². The van der Waals surface area contributed by atoms with E-state index in [-0.39, 0.29) is 11.7 Å². The van der Waals surface area contributed by atoms with E-state index in [9.17, 15) is 19.5 Å². The normalized spacial score (nSPS) is 20.5. The lowest BCUT2D eigenvalue weighted by Crippen LogP contribution is -2.36. The quantitative estimate of drug-likeness (QED) is 0.234. The molecule has 0 spiro atoms. The van der Waals surface area contributed by atoms with E-state index in [0.29, 0.717) is 30.2 Å². The van der Waals surface area contributed by atoms with Crippen LogP contribution < -0.4 is 5.32 Å². The summed E-state index contributed by atoms with van der Waals surface area (Å²) in [4.78, 5) is 41.8. The molecular formula is C29H32N2O4S2. The Hall–Kier alpha value is -2.71. The summed E-state index contributed by atoms with van der Waals surface area (Å²) in [7, 11) is 0. The van der Waals surface area contributed by atoms with Crippen molar-refractivity contribution >= 4 is 56.7 Å². The molecule has 1 aromatic heterocycles. The highest BCUT2D eigenvalue weighted by Gasteiger charge is 2.35. The number of nitrogens with one attached hydrogen (secondary N) is 1. The fourth-order valence-electron chi connectivity index (χ4n) is 5.61. The maximum Gasteiger partial charge on any atom is 0.307 e. The Bertz CT molecular complexity index is 1280. The number of nitrogens with zero attached hydrogens (tertiary/aromatic N) is 1. The Morgan fingerprint density at radius 3 is 2.35 bits per heavy atom. The Morgan fingerprint density at radius 1 is 0.919 bits per heavy atom. The predicted octanol–water partition coefficient (Wildman–Crippen LogP) is 7.15.